The molecule has 2 aliphatic heterocycles. The fourth-order valence-electron chi connectivity index (χ4n) is 14.8. The third kappa shape index (κ3) is 17.3. The maximum Gasteiger partial charge on any atom is 0.510 e. The Kier molecular flexibility index (Phi) is 24.6. The smallest absolute Gasteiger partial charge is 0.469 e. The molecule has 6 atom stereocenters. The summed E-state index contributed by atoms with van der Waals surface area (Å²) >= 11 is 1.70. The van der Waals surface area contributed by atoms with E-state index in [2.05, 4.69) is 115 Å². The first kappa shape index (κ1) is 62.3. The molecule has 6 aliphatic rings. The molecule has 0 N–H and O–H groups in total. The van der Waals surface area contributed by atoms with Crippen molar-refractivity contribution in [1.29, 1.82) is 0 Å². The third-order valence-corrected chi connectivity index (χ3v) is 19.8. The van der Waals surface area contributed by atoms with E-state index in [1.54, 1.807) is 11.8 Å². The van der Waals surface area contributed by atoms with E-state index >= 15 is 0 Å². The lowest BCUT2D eigenvalue weighted by atomic mass is 9.73. The van der Waals surface area contributed by atoms with Gasteiger partial charge < -0.3 is 43.3 Å². The van der Waals surface area contributed by atoms with Gasteiger partial charge in [0, 0.05) is 30.6 Å². The lowest BCUT2D eigenvalue weighted by molar-refractivity contribution is -0.143. The SMILES string of the molecule is COC(=O)CCC1(OC(=O)OC)N=CN(C2CCCCC2)C1CC1CCC(C(CCc2ccccc2)N(C)C)CC1.COC(=O)OC1(CSC)N=CN(C2CCCCC2)C1CC1CCC(C(CCc2ccccc2)N(C)C)CC1. The van der Waals surface area contributed by atoms with Gasteiger partial charge in [-0.15, -0.1) is 0 Å². The number of thioether (sulfide) groups is 1. The molecule has 4 aliphatic carbocycles. The first-order valence-electron chi connectivity index (χ1n) is 30.5. The van der Waals surface area contributed by atoms with Crippen LogP contribution >= 0.6 is 11.8 Å². The highest BCUT2D eigenvalue weighted by Crippen LogP contribution is 2.45. The monoisotopic (exact) mass is 1110 g/mol. The van der Waals surface area contributed by atoms with Crippen LogP contribution in [-0.4, -0.2) is 160 Å². The van der Waals surface area contributed by atoms with Crippen molar-refractivity contribution >= 4 is 42.7 Å². The maximum absolute atomic E-state index is 12.5. The number of carbonyl (C=O) groups excluding carboxylic acids is 3. The first-order chi connectivity index (χ1) is 38.3. The van der Waals surface area contributed by atoms with Gasteiger partial charge in [0.05, 0.1) is 58.3 Å². The molecule has 0 bridgehead atoms. The fourth-order valence-corrected chi connectivity index (χ4v) is 15.5. The summed E-state index contributed by atoms with van der Waals surface area (Å²) in [5.41, 5.74) is 0.846. The van der Waals surface area contributed by atoms with Gasteiger partial charge in [-0.3, -0.25) is 4.79 Å². The zero-order valence-electron chi connectivity index (χ0n) is 49.7. The molecule has 0 spiro atoms. The van der Waals surface area contributed by atoms with E-state index in [9.17, 15) is 14.4 Å². The van der Waals surface area contributed by atoms with Crippen molar-refractivity contribution in [1.82, 2.24) is 19.6 Å². The van der Waals surface area contributed by atoms with E-state index in [4.69, 9.17) is 33.7 Å². The zero-order chi connectivity index (χ0) is 56.2. The molecule has 4 saturated carbocycles. The summed E-state index contributed by atoms with van der Waals surface area (Å²) in [6, 6.07) is 23.7. The van der Waals surface area contributed by atoms with Crippen LogP contribution in [0.2, 0.25) is 0 Å². The minimum Gasteiger partial charge on any atom is -0.469 e. The molecule has 8 rings (SSSR count). The Morgan fingerprint density at radius 3 is 1.37 bits per heavy atom. The van der Waals surface area contributed by atoms with Crippen LogP contribution in [0.3, 0.4) is 0 Å². The second-order valence-electron chi connectivity index (χ2n) is 24.5. The van der Waals surface area contributed by atoms with Crippen LogP contribution in [0.25, 0.3) is 0 Å². The van der Waals surface area contributed by atoms with Gasteiger partial charge in [-0.1, -0.05) is 125 Å². The number of rotatable bonds is 23. The standard InChI is InChI=1S/C33H51N3O5.C31H49N3O3S/c1-35(2)29(20-17-25-11-7-5-8-12-25)27-18-15-26(16-19-27)23-30-33(41-32(38)40-4,22-21-31(37)39-3)34-24-36(30)28-13-9-6-10-14-28;1-33(2)28(20-17-24-11-7-5-8-12-24)26-18-15-25(16-19-26)21-29-31(22-38-4,37-30(35)36-3)32-23-34(29)27-13-9-6-10-14-27/h5,7-8,11-12,24,26-30H,6,9-10,13-23H2,1-4H3;5,7-8,11-12,23,25-29H,6,9-10,13-22H2,1-4H3. The molecule has 0 aromatic heterocycles. The number of esters is 1. The summed E-state index contributed by atoms with van der Waals surface area (Å²) in [6.07, 6.45) is 33.5. The van der Waals surface area contributed by atoms with Gasteiger partial charge in [0.2, 0.25) is 11.4 Å². The first-order valence-corrected chi connectivity index (χ1v) is 31.9. The molecule has 0 radical (unpaired) electrons. The van der Waals surface area contributed by atoms with Gasteiger partial charge in [0.15, 0.2) is 0 Å². The molecule has 2 aromatic carbocycles. The van der Waals surface area contributed by atoms with Crippen LogP contribution in [-0.2, 0) is 41.3 Å². The van der Waals surface area contributed by atoms with Gasteiger partial charge >= 0.3 is 18.3 Å². The van der Waals surface area contributed by atoms with Crippen molar-refractivity contribution in [3.8, 4) is 0 Å². The van der Waals surface area contributed by atoms with Crippen molar-refractivity contribution in [2.45, 2.75) is 215 Å². The number of nitrogens with zero attached hydrogens (tertiary/aromatic N) is 6. The summed E-state index contributed by atoms with van der Waals surface area (Å²) in [5, 5.41) is 0. The Morgan fingerprint density at radius 1 is 0.570 bits per heavy atom. The number of aliphatic imine (C=N–C) groups is 2. The predicted molar refractivity (Wildman–Crippen MR) is 319 cm³/mol. The highest BCUT2D eigenvalue weighted by Gasteiger charge is 2.53. The van der Waals surface area contributed by atoms with Gasteiger partial charge in [-0.25, -0.2) is 19.6 Å². The molecule has 440 valence electrons. The summed E-state index contributed by atoms with van der Waals surface area (Å²) in [7, 11) is 13.0. The van der Waals surface area contributed by atoms with Crippen LogP contribution in [0.1, 0.15) is 165 Å². The summed E-state index contributed by atoms with van der Waals surface area (Å²) in [5.74, 6) is 2.89. The largest absolute Gasteiger partial charge is 0.510 e. The minimum atomic E-state index is -1.14. The van der Waals surface area contributed by atoms with Crippen molar-refractivity contribution < 1.29 is 38.1 Å². The van der Waals surface area contributed by atoms with Gasteiger partial charge in [0.25, 0.3) is 0 Å². The van der Waals surface area contributed by atoms with E-state index in [0.717, 1.165) is 57.3 Å². The molecule has 14 nitrogen and oxygen atoms in total. The molecule has 2 aromatic rings. The molecule has 79 heavy (non-hydrogen) atoms. The van der Waals surface area contributed by atoms with Crippen LogP contribution in [0, 0.1) is 23.7 Å². The average molecular weight is 1110 g/mol. The van der Waals surface area contributed by atoms with Crippen LogP contribution < -0.4 is 0 Å². The highest BCUT2D eigenvalue weighted by molar-refractivity contribution is 7.98. The Morgan fingerprint density at radius 2 is 0.975 bits per heavy atom. The number of carbonyl (C=O) groups is 3. The second kappa shape index (κ2) is 31.2. The molecular formula is C64H100N6O8S. The van der Waals surface area contributed by atoms with Gasteiger partial charge in [-0.05, 0) is 159 Å². The second-order valence-corrected chi connectivity index (χ2v) is 25.3. The molecule has 0 saturated heterocycles. The topological polar surface area (TPSA) is 135 Å². The number of hydrogen-bond acceptors (Lipinski definition) is 15. The predicted octanol–water partition coefficient (Wildman–Crippen LogP) is 12.9. The lowest BCUT2D eigenvalue weighted by Gasteiger charge is -2.43. The van der Waals surface area contributed by atoms with E-state index in [-0.39, 0.29) is 30.9 Å². The summed E-state index contributed by atoms with van der Waals surface area (Å²) in [4.78, 5) is 56.5. The molecule has 2 heterocycles. The maximum atomic E-state index is 12.5. The molecule has 15 heteroatoms. The molecule has 6 unspecified atom stereocenters. The van der Waals surface area contributed by atoms with Crippen LogP contribution in [0.15, 0.2) is 70.6 Å². The number of aryl methyl sites for hydroxylation is 2. The van der Waals surface area contributed by atoms with Crippen molar-refractivity contribution in [2.75, 3.05) is 61.5 Å². The molecular weight excluding hydrogens is 1010 g/mol. The van der Waals surface area contributed by atoms with Gasteiger partial charge in [0.1, 0.15) is 0 Å². The van der Waals surface area contributed by atoms with Crippen LogP contribution in [0.5, 0.6) is 0 Å². The lowest BCUT2D eigenvalue weighted by Crippen LogP contribution is -2.54. The minimum absolute atomic E-state index is 0.0847. The van der Waals surface area contributed by atoms with E-state index in [1.165, 1.54) is 135 Å². The highest BCUT2D eigenvalue weighted by atomic mass is 32.2. The Balaban J connectivity index is 0.000000229. The zero-order valence-corrected chi connectivity index (χ0v) is 50.5. The quantitative estimate of drug-likeness (QED) is 0.0772. The van der Waals surface area contributed by atoms with Crippen LogP contribution in [0.4, 0.5) is 9.59 Å². The van der Waals surface area contributed by atoms with E-state index in [0.29, 0.717) is 47.7 Å². The Labute approximate surface area is 479 Å². The van der Waals surface area contributed by atoms with E-state index < -0.39 is 23.8 Å². The number of benzene rings is 2. The number of ether oxygens (including phenoxy) is 5. The van der Waals surface area contributed by atoms with Gasteiger partial charge in [-0.2, -0.15) is 11.8 Å². The van der Waals surface area contributed by atoms with Crippen molar-refractivity contribution in [3.05, 3.63) is 71.8 Å². The summed E-state index contributed by atoms with van der Waals surface area (Å²) < 4.78 is 26.8. The fraction of sp³-hybridized carbons (Fsp3) is 0.734. The van der Waals surface area contributed by atoms with Crippen molar-refractivity contribution in [3.63, 3.8) is 0 Å². The Hall–Kier alpha value is -4.34. The third-order valence-electron chi connectivity index (χ3n) is 19.1. The summed E-state index contributed by atoms with van der Waals surface area (Å²) in [6.45, 7) is 0. The number of hydrogen-bond donors (Lipinski definition) is 0. The normalized spacial score (nSPS) is 28.2. The molecule has 4 fully saturated rings. The Bertz CT molecular complexity index is 2180. The molecule has 0 amide bonds. The average Bonchev–Trinajstić information content (AvgIpc) is 4.25. The van der Waals surface area contributed by atoms with Crippen molar-refractivity contribution in [2.24, 2.45) is 33.7 Å². The van der Waals surface area contributed by atoms with E-state index in [1.807, 2.05) is 12.7 Å². The number of methoxy groups -OCH3 is 3.